The van der Waals surface area contributed by atoms with E-state index in [-0.39, 0.29) is 10.8 Å². The van der Waals surface area contributed by atoms with E-state index in [0.717, 1.165) is 33.5 Å². The van der Waals surface area contributed by atoms with E-state index in [0.29, 0.717) is 5.82 Å². The number of benzene rings is 9. The van der Waals surface area contributed by atoms with Crippen molar-refractivity contribution in [3.63, 3.8) is 0 Å². The van der Waals surface area contributed by atoms with Gasteiger partial charge in [-0.25, -0.2) is 9.97 Å². The molecule has 0 spiro atoms. The number of hydrogen-bond acceptors (Lipinski definition) is 2. The molecular weight excluding hydrogens is 737 g/mol. The highest BCUT2D eigenvalue weighted by molar-refractivity contribution is 6.09. The van der Waals surface area contributed by atoms with Crippen molar-refractivity contribution in [3.8, 4) is 67.3 Å². The maximum Gasteiger partial charge on any atom is 0.160 e. The standard InChI is InChI=1S/C59H42N2/c1-58(2)50-30-16-27-45(55(50)48-34-38-20-10-11-21-39(38)35-52(48)58)43-32-33-44(42-25-13-12-24-41(42)43)53-36-54(61-57(60-53)37-18-6-4-7-19-37)47-28-17-31-51-56(47)46-26-14-15-29-49(46)59(51,3)40-22-8-5-9-23-40/h4-36H,1-3H3. The fraction of sp³-hybridized carbons (Fsp3) is 0.0847. The lowest BCUT2D eigenvalue weighted by atomic mass is 9.74. The maximum atomic E-state index is 5.40. The molecular formula is C59H42N2. The SMILES string of the molecule is CC1(C)c2cc3ccccc3cc2-c2c(-c3ccc(-c4cc(-c5cccc6c5-c5ccccc5C6(C)c5ccccc5)nc(-c5ccccc5)n4)c4ccccc34)cccc21. The van der Waals surface area contributed by atoms with Gasteiger partial charge in [-0.15, -0.1) is 0 Å². The van der Waals surface area contributed by atoms with Gasteiger partial charge in [0.15, 0.2) is 5.82 Å². The smallest absolute Gasteiger partial charge is 0.160 e. The summed E-state index contributed by atoms with van der Waals surface area (Å²) >= 11 is 0. The fourth-order valence-corrected chi connectivity index (χ4v) is 10.7. The molecule has 2 heteroatoms. The first-order valence-electron chi connectivity index (χ1n) is 21.3. The van der Waals surface area contributed by atoms with Crippen molar-refractivity contribution in [2.75, 3.05) is 0 Å². The summed E-state index contributed by atoms with van der Waals surface area (Å²) in [5.74, 6) is 0.711. The molecule has 0 amide bonds. The van der Waals surface area contributed by atoms with E-state index in [2.05, 4.69) is 215 Å². The van der Waals surface area contributed by atoms with Crippen LogP contribution in [-0.4, -0.2) is 9.97 Å². The Labute approximate surface area is 356 Å². The first-order chi connectivity index (χ1) is 29.9. The second-order valence-corrected chi connectivity index (χ2v) is 17.4. The van der Waals surface area contributed by atoms with Gasteiger partial charge in [0, 0.05) is 27.5 Å². The average Bonchev–Trinajstić information content (AvgIpc) is 3.72. The largest absolute Gasteiger partial charge is 0.228 e. The van der Waals surface area contributed by atoms with Crippen LogP contribution >= 0.6 is 0 Å². The van der Waals surface area contributed by atoms with Crippen molar-refractivity contribution < 1.29 is 0 Å². The molecule has 2 aliphatic carbocycles. The molecule has 2 aliphatic rings. The molecule has 288 valence electrons. The molecule has 0 bridgehead atoms. The number of hydrogen-bond donors (Lipinski definition) is 0. The van der Waals surface area contributed by atoms with Crippen molar-refractivity contribution >= 4 is 21.5 Å². The average molecular weight is 779 g/mol. The lowest BCUT2D eigenvalue weighted by Crippen LogP contribution is -2.22. The maximum absolute atomic E-state index is 5.40. The quantitative estimate of drug-likeness (QED) is 0.174. The molecule has 0 saturated carbocycles. The first kappa shape index (κ1) is 35.5. The molecule has 1 unspecified atom stereocenters. The summed E-state index contributed by atoms with van der Waals surface area (Å²) in [7, 11) is 0. The van der Waals surface area contributed by atoms with Crippen LogP contribution in [0.4, 0.5) is 0 Å². The van der Waals surface area contributed by atoms with Crippen LogP contribution in [-0.2, 0) is 10.8 Å². The Morgan fingerprint density at radius 3 is 1.66 bits per heavy atom. The van der Waals surface area contributed by atoms with Crippen LogP contribution in [0.15, 0.2) is 200 Å². The Bertz CT molecular complexity index is 3400. The van der Waals surface area contributed by atoms with Gasteiger partial charge in [-0.3, -0.25) is 0 Å². The molecule has 0 fully saturated rings. The molecule has 0 N–H and O–H groups in total. The fourth-order valence-electron chi connectivity index (χ4n) is 10.7. The van der Waals surface area contributed by atoms with Crippen LogP contribution < -0.4 is 0 Å². The third kappa shape index (κ3) is 5.22. The van der Waals surface area contributed by atoms with Crippen LogP contribution in [0.1, 0.15) is 48.6 Å². The monoisotopic (exact) mass is 778 g/mol. The molecule has 1 heterocycles. The third-order valence-electron chi connectivity index (χ3n) is 13.8. The van der Waals surface area contributed by atoms with Gasteiger partial charge in [-0.1, -0.05) is 196 Å². The van der Waals surface area contributed by atoms with E-state index in [1.807, 2.05) is 6.07 Å². The van der Waals surface area contributed by atoms with E-state index < -0.39 is 0 Å². The number of aromatic nitrogens is 2. The predicted molar refractivity (Wildman–Crippen MR) is 254 cm³/mol. The molecule has 2 nitrogen and oxygen atoms in total. The van der Waals surface area contributed by atoms with E-state index in [4.69, 9.17) is 9.97 Å². The van der Waals surface area contributed by atoms with Gasteiger partial charge in [0.05, 0.1) is 11.4 Å². The Kier molecular flexibility index (Phi) is 7.74. The second kappa shape index (κ2) is 13.3. The van der Waals surface area contributed by atoms with Gasteiger partial charge >= 0.3 is 0 Å². The molecule has 12 rings (SSSR count). The molecule has 10 aromatic rings. The van der Waals surface area contributed by atoms with E-state index in [1.54, 1.807) is 0 Å². The molecule has 1 aromatic heterocycles. The lowest BCUT2D eigenvalue weighted by molar-refractivity contribution is 0.661. The molecule has 0 aliphatic heterocycles. The predicted octanol–water partition coefficient (Wildman–Crippen LogP) is 15.1. The summed E-state index contributed by atoms with van der Waals surface area (Å²) in [6, 6.07) is 73.1. The van der Waals surface area contributed by atoms with Crippen LogP contribution in [0, 0.1) is 0 Å². The summed E-state index contributed by atoms with van der Waals surface area (Å²) in [5.41, 5.74) is 18.8. The zero-order chi connectivity index (χ0) is 40.9. The van der Waals surface area contributed by atoms with Crippen LogP contribution in [0.3, 0.4) is 0 Å². The number of rotatable bonds is 5. The number of nitrogens with zero attached hydrogens (tertiary/aromatic N) is 2. The second-order valence-electron chi connectivity index (χ2n) is 17.4. The van der Waals surface area contributed by atoms with Gasteiger partial charge in [-0.2, -0.15) is 0 Å². The van der Waals surface area contributed by atoms with Gasteiger partial charge < -0.3 is 0 Å². The topological polar surface area (TPSA) is 25.8 Å². The summed E-state index contributed by atoms with van der Waals surface area (Å²) in [6.07, 6.45) is 0. The minimum atomic E-state index is -0.312. The van der Waals surface area contributed by atoms with Crippen LogP contribution in [0.5, 0.6) is 0 Å². The van der Waals surface area contributed by atoms with Crippen molar-refractivity contribution in [1.29, 1.82) is 0 Å². The molecule has 1 atom stereocenters. The van der Waals surface area contributed by atoms with Crippen molar-refractivity contribution in [3.05, 3.63) is 228 Å². The summed E-state index contributed by atoms with van der Waals surface area (Å²) in [6.45, 7) is 7.11. The van der Waals surface area contributed by atoms with Crippen molar-refractivity contribution in [1.82, 2.24) is 9.97 Å². The van der Waals surface area contributed by atoms with Gasteiger partial charge in [-0.05, 0) is 108 Å². The van der Waals surface area contributed by atoms with E-state index in [9.17, 15) is 0 Å². The molecule has 0 radical (unpaired) electrons. The summed E-state index contributed by atoms with van der Waals surface area (Å²) < 4.78 is 0. The van der Waals surface area contributed by atoms with Crippen LogP contribution in [0.25, 0.3) is 88.8 Å². The third-order valence-corrected chi connectivity index (χ3v) is 13.8. The minimum Gasteiger partial charge on any atom is -0.228 e. The zero-order valence-electron chi connectivity index (χ0n) is 34.4. The van der Waals surface area contributed by atoms with Gasteiger partial charge in [0.25, 0.3) is 0 Å². The Hall–Kier alpha value is -7.42. The van der Waals surface area contributed by atoms with Crippen molar-refractivity contribution in [2.24, 2.45) is 0 Å². The highest BCUT2D eigenvalue weighted by Crippen LogP contribution is 2.56. The summed E-state index contributed by atoms with van der Waals surface area (Å²) in [4.78, 5) is 10.8. The van der Waals surface area contributed by atoms with Crippen LogP contribution in [0.2, 0.25) is 0 Å². The Morgan fingerprint density at radius 1 is 0.344 bits per heavy atom. The highest BCUT2D eigenvalue weighted by Gasteiger charge is 2.42. The van der Waals surface area contributed by atoms with Gasteiger partial charge in [0.2, 0.25) is 0 Å². The minimum absolute atomic E-state index is 0.123. The Balaban J connectivity index is 1.07. The summed E-state index contributed by atoms with van der Waals surface area (Å²) in [5, 5.41) is 4.92. The van der Waals surface area contributed by atoms with E-state index >= 15 is 0 Å². The Morgan fingerprint density at radius 2 is 0.885 bits per heavy atom. The van der Waals surface area contributed by atoms with Gasteiger partial charge in [0.1, 0.15) is 0 Å². The van der Waals surface area contributed by atoms with E-state index in [1.165, 1.54) is 77.4 Å². The normalized spacial score (nSPS) is 15.7. The lowest BCUT2D eigenvalue weighted by Gasteiger charge is -2.28. The molecule has 61 heavy (non-hydrogen) atoms. The zero-order valence-corrected chi connectivity index (χ0v) is 34.4. The molecule has 0 saturated heterocycles. The highest BCUT2D eigenvalue weighted by atomic mass is 14.9. The molecule has 9 aromatic carbocycles. The first-order valence-corrected chi connectivity index (χ1v) is 21.3. The number of fused-ring (bicyclic) bond motifs is 8. The van der Waals surface area contributed by atoms with Crippen molar-refractivity contribution in [2.45, 2.75) is 31.6 Å².